The number of carbonyl (C=O) groups excluding carboxylic acids is 2. The molecular formula is C10H13NO3S. The second-order valence-corrected chi connectivity index (χ2v) is 4.15. The Balaban J connectivity index is 2.25. The predicted octanol–water partition coefficient (Wildman–Crippen LogP) is 1.52. The summed E-state index contributed by atoms with van der Waals surface area (Å²) in [7, 11) is 0. The van der Waals surface area contributed by atoms with Crippen LogP contribution in [0.3, 0.4) is 0 Å². The van der Waals surface area contributed by atoms with E-state index < -0.39 is 5.97 Å². The zero-order valence-electron chi connectivity index (χ0n) is 8.78. The molecule has 15 heavy (non-hydrogen) atoms. The van der Waals surface area contributed by atoms with Gasteiger partial charge in [0.15, 0.2) is 0 Å². The third-order valence-electron chi connectivity index (χ3n) is 1.83. The number of thiazole rings is 1. The molecule has 0 unspecified atom stereocenters. The average molecular weight is 227 g/mol. The van der Waals surface area contributed by atoms with E-state index >= 15 is 0 Å². The first-order valence-electron chi connectivity index (χ1n) is 4.63. The van der Waals surface area contributed by atoms with E-state index in [1.54, 1.807) is 16.8 Å². The van der Waals surface area contributed by atoms with Crippen molar-refractivity contribution in [2.75, 3.05) is 6.61 Å². The van der Waals surface area contributed by atoms with Gasteiger partial charge >= 0.3 is 5.97 Å². The summed E-state index contributed by atoms with van der Waals surface area (Å²) in [5, 5.41) is 0. The van der Waals surface area contributed by atoms with Gasteiger partial charge in [0.1, 0.15) is 12.2 Å². The minimum Gasteiger partial charge on any atom is -0.465 e. The lowest BCUT2D eigenvalue weighted by atomic mass is 10.3. The number of aromatic nitrogens is 1. The fraction of sp³-hybridized carbons (Fsp3) is 0.500. The van der Waals surface area contributed by atoms with Crippen LogP contribution in [0.25, 0.3) is 0 Å². The summed E-state index contributed by atoms with van der Waals surface area (Å²) in [6.45, 7) is 3.60. The SMILES string of the molecule is CC(=O)CC(=O)OCCc1scnc1C. The quantitative estimate of drug-likeness (QED) is 0.565. The fourth-order valence-electron chi connectivity index (χ4n) is 1.08. The maximum absolute atomic E-state index is 11.0. The van der Waals surface area contributed by atoms with E-state index in [9.17, 15) is 9.59 Å². The first-order chi connectivity index (χ1) is 7.09. The molecule has 1 rings (SSSR count). The lowest BCUT2D eigenvalue weighted by Crippen LogP contribution is -2.10. The third-order valence-corrected chi connectivity index (χ3v) is 2.83. The summed E-state index contributed by atoms with van der Waals surface area (Å²) in [5.41, 5.74) is 2.74. The van der Waals surface area contributed by atoms with Gasteiger partial charge in [-0.1, -0.05) is 0 Å². The van der Waals surface area contributed by atoms with Crippen molar-refractivity contribution in [3.63, 3.8) is 0 Å². The Morgan fingerprint density at radius 3 is 2.80 bits per heavy atom. The fourth-order valence-corrected chi connectivity index (χ4v) is 1.84. The molecule has 0 N–H and O–H groups in total. The molecule has 0 saturated carbocycles. The second-order valence-electron chi connectivity index (χ2n) is 3.21. The summed E-state index contributed by atoms with van der Waals surface area (Å²) >= 11 is 1.55. The molecule has 0 aliphatic rings. The van der Waals surface area contributed by atoms with Crippen LogP contribution >= 0.6 is 11.3 Å². The van der Waals surface area contributed by atoms with Gasteiger partial charge in [-0.15, -0.1) is 11.3 Å². The van der Waals surface area contributed by atoms with Gasteiger partial charge in [-0.25, -0.2) is 4.98 Å². The van der Waals surface area contributed by atoms with Crippen molar-refractivity contribution in [2.45, 2.75) is 26.7 Å². The normalized spacial score (nSPS) is 10.0. The molecule has 0 aliphatic carbocycles. The highest BCUT2D eigenvalue weighted by atomic mass is 32.1. The molecule has 1 aromatic rings. The minimum atomic E-state index is -0.454. The lowest BCUT2D eigenvalue weighted by molar-refractivity contribution is -0.145. The van der Waals surface area contributed by atoms with Crippen LogP contribution in [0.5, 0.6) is 0 Å². The number of ketones is 1. The number of aryl methyl sites for hydroxylation is 1. The van der Waals surface area contributed by atoms with Gasteiger partial charge in [0.05, 0.1) is 17.8 Å². The van der Waals surface area contributed by atoms with E-state index in [0.717, 1.165) is 10.6 Å². The van der Waals surface area contributed by atoms with Crippen molar-refractivity contribution in [3.05, 3.63) is 16.1 Å². The summed E-state index contributed by atoms with van der Waals surface area (Å²) in [6.07, 6.45) is 0.530. The molecule has 4 nitrogen and oxygen atoms in total. The third kappa shape index (κ3) is 4.20. The Labute approximate surface area is 92.3 Å². The van der Waals surface area contributed by atoms with Crippen LogP contribution in [-0.2, 0) is 20.7 Å². The highest BCUT2D eigenvalue weighted by Crippen LogP contribution is 2.12. The van der Waals surface area contributed by atoms with Crippen molar-refractivity contribution in [2.24, 2.45) is 0 Å². The first-order valence-corrected chi connectivity index (χ1v) is 5.51. The first kappa shape index (κ1) is 11.8. The summed E-state index contributed by atoms with van der Waals surface area (Å²) < 4.78 is 4.90. The van der Waals surface area contributed by atoms with Crippen molar-refractivity contribution >= 4 is 23.1 Å². The molecule has 0 amide bonds. The number of nitrogens with zero attached hydrogens (tertiary/aromatic N) is 1. The molecule has 0 saturated heterocycles. The Morgan fingerprint density at radius 1 is 1.53 bits per heavy atom. The molecule has 0 bridgehead atoms. The molecular weight excluding hydrogens is 214 g/mol. The van der Waals surface area contributed by atoms with Crippen molar-refractivity contribution < 1.29 is 14.3 Å². The molecule has 0 fully saturated rings. The number of hydrogen-bond donors (Lipinski definition) is 0. The summed E-state index contributed by atoms with van der Waals surface area (Å²) in [5.74, 6) is -0.626. The van der Waals surface area contributed by atoms with Gasteiger partial charge in [-0.3, -0.25) is 9.59 Å². The van der Waals surface area contributed by atoms with Crippen LogP contribution in [0, 0.1) is 6.92 Å². The molecule has 0 spiro atoms. The lowest BCUT2D eigenvalue weighted by Gasteiger charge is -2.02. The Hall–Kier alpha value is -1.23. The van der Waals surface area contributed by atoms with Gasteiger partial charge in [0.25, 0.3) is 0 Å². The van der Waals surface area contributed by atoms with E-state index in [4.69, 9.17) is 4.74 Å². The number of carbonyl (C=O) groups is 2. The standard InChI is InChI=1S/C10H13NO3S/c1-7(12)5-10(13)14-4-3-9-8(2)11-6-15-9/h6H,3-5H2,1-2H3. The molecule has 0 atom stereocenters. The topological polar surface area (TPSA) is 56.3 Å². The van der Waals surface area contributed by atoms with Crippen molar-refractivity contribution in [3.8, 4) is 0 Å². The van der Waals surface area contributed by atoms with Crippen LogP contribution in [0.2, 0.25) is 0 Å². The van der Waals surface area contributed by atoms with E-state index in [-0.39, 0.29) is 12.2 Å². The van der Waals surface area contributed by atoms with E-state index in [2.05, 4.69) is 4.98 Å². The Bertz CT molecular complexity index is 359. The minimum absolute atomic E-state index is 0.137. The maximum atomic E-state index is 11.0. The number of esters is 1. The number of rotatable bonds is 5. The summed E-state index contributed by atoms with van der Waals surface area (Å²) in [4.78, 5) is 26.8. The van der Waals surface area contributed by atoms with E-state index in [0.29, 0.717) is 13.0 Å². The Kier molecular flexibility index (Phi) is 4.42. The molecule has 0 aliphatic heterocycles. The molecule has 1 aromatic heterocycles. The van der Waals surface area contributed by atoms with Crippen LogP contribution < -0.4 is 0 Å². The number of Topliss-reactive ketones (excluding diaryl/α,β-unsaturated/α-hetero) is 1. The van der Waals surface area contributed by atoms with Gasteiger partial charge < -0.3 is 4.74 Å². The van der Waals surface area contributed by atoms with Crippen molar-refractivity contribution in [1.29, 1.82) is 0 Å². The Morgan fingerprint density at radius 2 is 2.27 bits per heavy atom. The molecule has 0 aromatic carbocycles. The second kappa shape index (κ2) is 5.60. The van der Waals surface area contributed by atoms with Gasteiger partial charge in [0.2, 0.25) is 0 Å². The average Bonchev–Trinajstić information content (AvgIpc) is 2.50. The zero-order valence-corrected chi connectivity index (χ0v) is 9.60. The van der Waals surface area contributed by atoms with Crippen LogP contribution in [0.15, 0.2) is 5.51 Å². The van der Waals surface area contributed by atoms with Crippen molar-refractivity contribution in [1.82, 2.24) is 4.98 Å². The highest BCUT2D eigenvalue weighted by molar-refractivity contribution is 7.09. The van der Waals surface area contributed by atoms with Gasteiger partial charge in [-0.05, 0) is 13.8 Å². The zero-order chi connectivity index (χ0) is 11.3. The van der Waals surface area contributed by atoms with Crippen LogP contribution in [0.1, 0.15) is 23.9 Å². The summed E-state index contributed by atoms with van der Waals surface area (Å²) in [6, 6.07) is 0. The molecule has 1 heterocycles. The smallest absolute Gasteiger partial charge is 0.313 e. The molecule has 5 heteroatoms. The van der Waals surface area contributed by atoms with Crippen LogP contribution in [0.4, 0.5) is 0 Å². The number of ether oxygens (including phenoxy) is 1. The van der Waals surface area contributed by atoms with E-state index in [1.807, 2.05) is 6.92 Å². The van der Waals surface area contributed by atoms with Gasteiger partial charge in [0, 0.05) is 11.3 Å². The predicted molar refractivity (Wildman–Crippen MR) is 56.8 cm³/mol. The van der Waals surface area contributed by atoms with Crippen LogP contribution in [-0.4, -0.2) is 23.3 Å². The maximum Gasteiger partial charge on any atom is 0.313 e. The molecule has 82 valence electrons. The van der Waals surface area contributed by atoms with E-state index in [1.165, 1.54) is 6.92 Å². The van der Waals surface area contributed by atoms with Gasteiger partial charge in [-0.2, -0.15) is 0 Å². The monoisotopic (exact) mass is 227 g/mol. The highest BCUT2D eigenvalue weighted by Gasteiger charge is 2.07. The molecule has 0 radical (unpaired) electrons. The largest absolute Gasteiger partial charge is 0.465 e. The number of hydrogen-bond acceptors (Lipinski definition) is 5.